The standard InChI is InChI=1S/C14H16Cl3N3O2S/c1-2-3-7-11(21)18-9-5-4-6-10(8-9)19-13(23)20-12(22)14(15,16)17/h4-6,8H,2-3,7H2,1H3,(H,18,21)(H2,19,20,22,23). The van der Waals surface area contributed by atoms with Crippen LogP contribution in [0.4, 0.5) is 11.4 Å². The summed E-state index contributed by atoms with van der Waals surface area (Å²) >= 11 is 21.3. The molecule has 9 heteroatoms. The third-order valence-corrected chi connectivity index (χ3v) is 3.37. The van der Waals surface area contributed by atoms with Crippen LogP contribution in [0.3, 0.4) is 0 Å². The molecule has 0 fully saturated rings. The minimum absolute atomic E-state index is 0.0178. The van der Waals surface area contributed by atoms with E-state index < -0.39 is 9.70 Å². The molecule has 0 aliphatic rings. The number of unbranched alkanes of at least 4 members (excludes halogenated alkanes) is 1. The predicted octanol–water partition coefficient (Wildman–Crippen LogP) is 4.00. The molecule has 0 saturated heterocycles. The highest BCUT2D eigenvalue weighted by Crippen LogP contribution is 2.25. The average Bonchev–Trinajstić information content (AvgIpc) is 2.44. The van der Waals surface area contributed by atoms with Gasteiger partial charge in [0.2, 0.25) is 5.91 Å². The van der Waals surface area contributed by atoms with Crippen molar-refractivity contribution in [3.8, 4) is 0 Å². The van der Waals surface area contributed by atoms with Crippen molar-refractivity contribution in [2.75, 3.05) is 10.6 Å². The molecule has 5 nitrogen and oxygen atoms in total. The number of carbonyl (C=O) groups excluding carboxylic acids is 2. The molecule has 0 aliphatic carbocycles. The molecular formula is C14H16Cl3N3O2S. The minimum Gasteiger partial charge on any atom is -0.332 e. The first-order chi connectivity index (χ1) is 10.7. The fourth-order valence-electron chi connectivity index (χ4n) is 1.57. The molecule has 0 saturated carbocycles. The van der Waals surface area contributed by atoms with Crippen LogP contribution >= 0.6 is 47.0 Å². The van der Waals surface area contributed by atoms with Crippen LogP contribution in [0.2, 0.25) is 0 Å². The monoisotopic (exact) mass is 395 g/mol. The Morgan fingerprint density at radius 2 is 1.78 bits per heavy atom. The summed E-state index contributed by atoms with van der Waals surface area (Å²) in [7, 11) is 0. The van der Waals surface area contributed by atoms with Gasteiger partial charge in [-0.15, -0.1) is 0 Å². The summed E-state index contributed by atoms with van der Waals surface area (Å²) in [5.41, 5.74) is 1.19. The fraction of sp³-hybridized carbons (Fsp3) is 0.357. The number of benzene rings is 1. The number of anilines is 2. The Hall–Kier alpha value is -1.08. The van der Waals surface area contributed by atoms with Crippen LogP contribution in [0.15, 0.2) is 24.3 Å². The maximum Gasteiger partial charge on any atom is 0.278 e. The van der Waals surface area contributed by atoms with Crippen LogP contribution in [0.1, 0.15) is 26.2 Å². The first-order valence-electron chi connectivity index (χ1n) is 6.81. The highest BCUT2D eigenvalue weighted by molar-refractivity contribution is 7.80. The molecule has 0 aliphatic heterocycles. The van der Waals surface area contributed by atoms with E-state index in [0.29, 0.717) is 17.8 Å². The summed E-state index contributed by atoms with van der Waals surface area (Å²) in [4.78, 5) is 23.2. The van der Waals surface area contributed by atoms with Gasteiger partial charge < -0.3 is 10.6 Å². The number of hydrogen-bond acceptors (Lipinski definition) is 3. The maximum absolute atomic E-state index is 11.7. The topological polar surface area (TPSA) is 70.2 Å². The molecule has 0 unspecified atom stereocenters. The highest BCUT2D eigenvalue weighted by Gasteiger charge is 2.31. The Morgan fingerprint density at radius 3 is 2.35 bits per heavy atom. The third-order valence-electron chi connectivity index (χ3n) is 2.65. The third kappa shape index (κ3) is 7.83. The number of alkyl halides is 3. The number of carbonyl (C=O) groups is 2. The zero-order valence-corrected chi connectivity index (χ0v) is 15.4. The smallest absolute Gasteiger partial charge is 0.278 e. The summed E-state index contributed by atoms with van der Waals surface area (Å²) < 4.78 is -2.10. The quantitative estimate of drug-likeness (QED) is 0.520. The van der Waals surface area contributed by atoms with Gasteiger partial charge in [-0.25, -0.2) is 0 Å². The van der Waals surface area contributed by atoms with E-state index >= 15 is 0 Å². The molecule has 1 rings (SSSR count). The summed E-state index contributed by atoms with van der Waals surface area (Å²) in [6.45, 7) is 2.02. The molecule has 1 aromatic carbocycles. The van der Waals surface area contributed by atoms with Crippen molar-refractivity contribution in [2.45, 2.75) is 30.0 Å². The largest absolute Gasteiger partial charge is 0.332 e. The van der Waals surface area contributed by atoms with Crippen molar-refractivity contribution in [1.82, 2.24) is 5.32 Å². The van der Waals surface area contributed by atoms with Crippen LogP contribution in [0.5, 0.6) is 0 Å². The first kappa shape index (κ1) is 20.0. The normalized spacial score (nSPS) is 10.8. The predicted molar refractivity (Wildman–Crippen MR) is 99.3 cm³/mol. The second-order valence-corrected chi connectivity index (χ2v) is 7.33. The van der Waals surface area contributed by atoms with Crippen molar-refractivity contribution >= 4 is 75.3 Å². The molecular weight excluding hydrogens is 381 g/mol. The SMILES string of the molecule is CCCCC(=O)Nc1cccc(NC(=S)NC(=O)C(Cl)(Cl)Cl)c1. The number of thiocarbonyl (C=S) groups is 1. The van der Waals surface area contributed by atoms with Crippen LogP contribution in [-0.4, -0.2) is 20.7 Å². The van der Waals surface area contributed by atoms with Gasteiger partial charge in [0, 0.05) is 17.8 Å². The summed E-state index contributed by atoms with van der Waals surface area (Å²) in [5.74, 6) is -0.917. The van der Waals surface area contributed by atoms with Gasteiger partial charge in [-0.1, -0.05) is 54.2 Å². The molecule has 1 aromatic rings. The van der Waals surface area contributed by atoms with E-state index in [1.165, 1.54) is 0 Å². The lowest BCUT2D eigenvalue weighted by atomic mass is 10.2. The molecule has 2 amide bonds. The molecule has 0 heterocycles. The Bertz CT molecular complexity index is 591. The van der Waals surface area contributed by atoms with E-state index in [1.807, 2.05) is 6.92 Å². The van der Waals surface area contributed by atoms with Gasteiger partial charge in [-0.3, -0.25) is 14.9 Å². The lowest BCUT2D eigenvalue weighted by Crippen LogP contribution is -2.41. The molecule has 23 heavy (non-hydrogen) atoms. The fourth-order valence-corrected chi connectivity index (χ4v) is 1.92. The van der Waals surface area contributed by atoms with E-state index in [-0.39, 0.29) is 11.0 Å². The van der Waals surface area contributed by atoms with Crippen LogP contribution < -0.4 is 16.0 Å². The second kappa shape index (κ2) is 9.27. The van der Waals surface area contributed by atoms with E-state index in [1.54, 1.807) is 24.3 Å². The highest BCUT2D eigenvalue weighted by atomic mass is 35.6. The van der Waals surface area contributed by atoms with Gasteiger partial charge in [-0.05, 0) is 36.8 Å². The Labute approximate surface area is 155 Å². The van der Waals surface area contributed by atoms with Gasteiger partial charge >= 0.3 is 0 Å². The summed E-state index contributed by atoms with van der Waals surface area (Å²) in [6, 6.07) is 6.88. The van der Waals surface area contributed by atoms with Gasteiger partial charge in [0.15, 0.2) is 5.11 Å². The maximum atomic E-state index is 11.7. The Balaban J connectivity index is 2.61. The molecule has 0 bridgehead atoms. The van der Waals surface area contributed by atoms with Gasteiger partial charge in [0.25, 0.3) is 9.70 Å². The molecule has 3 N–H and O–H groups in total. The number of rotatable bonds is 5. The lowest BCUT2D eigenvalue weighted by Gasteiger charge is -2.14. The van der Waals surface area contributed by atoms with Gasteiger partial charge in [0.05, 0.1) is 0 Å². The zero-order chi connectivity index (χ0) is 17.5. The zero-order valence-electron chi connectivity index (χ0n) is 12.3. The molecule has 0 spiro atoms. The van der Waals surface area contributed by atoms with E-state index in [2.05, 4.69) is 16.0 Å². The number of amides is 2. The summed E-state index contributed by atoms with van der Waals surface area (Å²) in [5, 5.41) is 7.79. The van der Waals surface area contributed by atoms with Crippen LogP contribution in [0, 0.1) is 0 Å². The van der Waals surface area contributed by atoms with E-state index in [4.69, 9.17) is 47.0 Å². The molecule has 0 radical (unpaired) electrons. The van der Waals surface area contributed by atoms with Crippen molar-refractivity contribution < 1.29 is 9.59 Å². The van der Waals surface area contributed by atoms with Crippen molar-refractivity contribution in [2.24, 2.45) is 0 Å². The summed E-state index contributed by atoms with van der Waals surface area (Å²) in [6.07, 6.45) is 2.25. The van der Waals surface area contributed by atoms with Crippen molar-refractivity contribution in [3.63, 3.8) is 0 Å². The Morgan fingerprint density at radius 1 is 1.17 bits per heavy atom. The Kier molecular flexibility index (Phi) is 8.05. The number of hydrogen-bond donors (Lipinski definition) is 3. The average molecular weight is 397 g/mol. The van der Waals surface area contributed by atoms with Crippen molar-refractivity contribution in [3.05, 3.63) is 24.3 Å². The van der Waals surface area contributed by atoms with Gasteiger partial charge in [0.1, 0.15) is 0 Å². The minimum atomic E-state index is -2.10. The van der Waals surface area contributed by atoms with E-state index in [0.717, 1.165) is 12.8 Å². The van der Waals surface area contributed by atoms with Gasteiger partial charge in [-0.2, -0.15) is 0 Å². The van der Waals surface area contributed by atoms with Crippen LogP contribution in [-0.2, 0) is 9.59 Å². The molecule has 0 aromatic heterocycles. The number of nitrogens with one attached hydrogen (secondary N) is 3. The molecule has 0 atom stereocenters. The van der Waals surface area contributed by atoms with Crippen molar-refractivity contribution in [1.29, 1.82) is 0 Å². The number of halogens is 3. The van der Waals surface area contributed by atoms with Crippen LogP contribution in [0.25, 0.3) is 0 Å². The second-order valence-electron chi connectivity index (χ2n) is 4.64. The lowest BCUT2D eigenvalue weighted by molar-refractivity contribution is -0.119. The van der Waals surface area contributed by atoms with E-state index in [9.17, 15) is 9.59 Å². The first-order valence-corrected chi connectivity index (χ1v) is 8.35. The molecule has 126 valence electrons.